The average molecular weight is 298 g/mol. The molecule has 18 heavy (non-hydrogen) atoms. The van der Waals surface area contributed by atoms with Gasteiger partial charge in [-0.15, -0.1) is 24.8 Å². The third-order valence-corrected chi connectivity index (χ3v) is 3.77. The van der Waals surface area contributed by atoms with Gasteiger partial charge in [0.25, 0.3) is 0 Å². The highest BCUT2D eigenvalue weighted by molar-refractivity contribution is 5.85. The van der Waals surface area contributed by atoms with Crippen LogP contribution in [0.3, 0.4) is 0 Å². The highest BCUT2D eigenvalue weighted by Gasteiger charge is 2.29. The normalized spacial score (nSPS) is 24.1. The van der Waals surface area contributed by atoms with Gasteiger partial charge in [0.15, 0.2) is 0 Å². The van der Waals surface area contributed by atoms with Gasteiger partial charge in [0.2, 0.25) is 5.91 Å². The van der Waals surface area contributed by atoms with Crippen LogP contribution in [-0.4, -0.2) is 49.1 Å². The van der Waals surface area contributed by atoms with E-state index in [4.69, 9.17) is 0 Å². The summed E-state index contributed by atoms with van der Waals surface area (Å²) >= 11 is 0. The number of nitrogens with one attached hydrogen (secondary N) is 2. The van der Waals surface area contributed by atoms with E-state index in [1.165, 1.54) is 12.8 Å². The fraction of sp³-hybridized carbons (Fsp3) is 0.917. The fourth-order valence-corrected chi connectivity index (χ4v) is 2.27. The van der Waals surface area contributed by atoms with E-state index in [2.05, 4.69) is 29.5 Å². The lowest BCUT2D eigenvalue weighted by molar-refractivity contribution is -0.123. The molecule has 1 heterocycles. The Balaban J connectivity index is 0.00000144. The standard InChI is InChI=1S/C12H23N3O.2ClH/c1-9(15(2)10-5-6-10)8-14-12(16)11-4-3-7-13-11;;/h9-11,13H,3-8H2,1-2H3,(H,14,16);2*1H. The van der Waals surface area contributed by atoms with Crippen molar-refractivity contribution in [3.05, 3.63) is 0 Å². The molecule has 0 bridgehead atoms. The summed E-state index contributed by atoms with van der Waals surface area (Å²) < 4.78 is 0. The molecular weight excluding hydrogens is 273 g/mol. The summed E-state index contributed by atoms with van der Waals surface area (Å²) in [6.07, 6.45) is 4.74. The summed E-state index contributed by atoms with van der Waals surface area (Å²) in [7, 11) is 2.16. The van der Waals surface area contributed by atoms with Gasteiger partial charge in [-0.2, -0.15) is 0 Å². The third-order valence-electron chi connectivity index (χ3n) is 3.77. The zero-order valence-electron chi connectivity index (χ0n) is 11.1. The van der Waals surface area contributed by atoms with Crippen LogP contribution >= 0.6 is 24.8 Å². The van der Waals surface area contributed by atoms with Gasteiger partial charge in [-0.25, -0.2) is 0 Å². The summed E-state index contributed by atoms with van der Waals surface area (Å²) in [5, 5.41) is 6.26. The molecule has 0 spiro atoms. The van der Waals surface area contributed by atoms with Crippen molar-refractivity contribution in [1.29, 1.82) is 0 Å². The summed E-state index contributed by atoms with van der Waals surface area (Å²) in [5.41, 5.74) is 0. The van der Waals surface area contributed by atoms with Crippen LogP contribution in [0.1, 0.15) is 32.6 Å². The number of nitrogens with zero attached hydrogens (tertiary/aromatic N) is 1. The molecule has 0 aromatic heterocycles. The van der Waals surface area contributed by atoms with E-state index in [0.717, 1.165) is 32.0 Å². The Morgan fingerprint density at radius 2 is 2.06 bits per heavy atom. The largest absolute Gasteiger partial charge is 0.353 e. The van der Waals surface area contributed by atoms with Crippen LogP contribution in [0, 0.1) is 0 Å². The minimum Gasteiger partial charge on any atom is -0.353 e. The van der Waals surface area contributed by atoms with Crippen molar-refractivity contribution >= 4 is 30.7 Å². The minimum absolute atomic E-state index is 0. The molecule has 2 N–H and O–H groups in total. The van der Waals surface area contributed by atoms with E-state index in [0.29, 0.717) is 6.04 Å². The number of halogens is 2. The second kappa shape index (κ2) is 8.20. The van der Waals surface area contributed by atoms with Crippen molar-refractivity contribution < 1.29 is 4.79 Å². The lowest BCUT2D eigenvalue weighted by atomic mass is 10.2. The Hall–Kier alpha value is -0.0300. The molecule has 0 radical (unpaired) electrons. The van der Waals surface area contributed by atoms with Crippen molar-refractivity contribution in [3.8, 4) is 0 Å². The van der Waals surface area contributed by atoms with Crippen LogP contribution in [0.15, 0.2) is 0 Å². The average Bonchev–Trinajstić information content (AvgIpc) is 2.99. The molecule has 1 saturated heterocycles. The lowest BCUT2D eigenvalue weighted by Crippen LogP contribution is -2.46. The Labute approximate surface area is 122 Å². The molecule has 4 nitrogen and oxygen atoms in total. The maximum atomic E-state index is 11.8. The topological polar surface area (TPSA) is 44.4 Å². The molecule has 108 valence electrons. The fourth-order valence-electron chi connectivity index (χ4n) is 2.27. The molecular formula is C12H25Cl2N3O. The van der Waals surface area contributed by atoms with E-state index < -0.39 is 0 Å². The minimum atomic E-state index is 0. The zero-order valence-corrected chi connectivity index (χ0v) is 12.8. The summed E-state index contributed by atoms with van der Waals surface area (Å²) in [4.78, 5) is 14.1. The maximum absolute atomic E-state index is 11.8. The van der Waals surface area contributed by atoms with Gasteiger partial charge in [0.1, 0.15) is 0 Å². The van der Waals surface area contributed by atoms with Gasteiger partial charge in [-0.3, -0.25) is 9.69 Å². The number of carbonyl (C=O) groups excluding carboxylic acids is 1. The highest BCUT2D eigenvalue weighted by Crippen LogP contribution is 2.26. The quantitative estimate of drug-likeness (QED) is 0.801. The SMILES string of the molecule is CC(CNC(=O)C1CCCN1)N(C)C1CC1.Cl.Cl. The number of carbonyl (C=O) groups is 1. The predicted octanol–water partition coefficient (Wildman–Crippen LogP) is 1.18. The zero-order chi connectivity index (χ0) is 11.5. The molecule has 0 aromatic rings. The van der Waals surface area contributed by atoms with Crippen LogP contribution in [0.5, 0.6) is 0 Å². The molecule has 1 aliphatic heterocycles. The van der Waals surface area contributed by atoms with Gasteiger partial charge >= 0.3 is 0 Å². The molecule has 2 fully saturated rings. The first kappa shape index (κ1) is 18.0. The number of hydrogen-bond donors (Lipinski definition) is 2. The van der Waals surface area contributed by atoms with Crippen LogP contribution in [0.25, 0.3) is 0 Å². The lowest BCUT2D eigenvalue weighted by Gasteiger charge is -2.25. The Kier molecular flexibility index (Phi) is 8.19. The highest BCUT2D eigenvalue weighted by atomic mass is 35.5. The van der Waals surface area contributed by atoms with Crippen molar-refractivity contribution in [3.63, 3.8) is 0 Å². The van der Waals surface area contributed by atoms with Crippen molar-refractivity contribution in [2.75, 3.05) is 20.1 Å². The Morgan fingerprint density at radius 1 is 1.39 bits per heavy atom. The van der Waals surface area contributed by atoms with Gasteiger partial charge in [-0.1, -0.05) is 0 Å². The molecule has 6 heteroatoms. The number of rotatable bonds is 5. The first-order chi connectivity index (χ1) is 7.68. The number of hydrogen-bond acceptors (Lipinski definition) is 3. The van der Waals surface area contributed by atoms with E-state index in [1.807, 2.05) is 0 Å². The van der Waals surface area contributed by atoms with E-state index >= 15 is 0 Å². The van der Waals surface area contributed by atoms with E-state index in [-0.39, 0.29) is 36.8 Å². The molecule has 1 aliphatic carbocycles. The first-order valence-corrected chi connectivity index (χ1v) is 6.41. The molecule has 2 rings (SSSR count). The van der Waals surface area contributed by atoms with Crippen LogP contribution < -0.4 is 10.6 Å². The van der Waals surface area contributed by atoms with Gasteiger partial charge < -0.3 is 10.6 Å². The first-order valence-electron chi connectivity index (χ1n) is 6.41. The van der Waals surface area contributed by atoms with Gasteiger partial charge in [-0.05, 0) is 46.2 Å². The summed E-state index contributed by atoms with van der Waals surface area (Å²) in [6, 6.07) is 1.26. The Morgan fingerprint density at radius 3 is 2.56 bits per heavy atom. The number of amides is 1. The molecule has 0 aromatic carbocycles. The van der Waals surface area contributed by atoms with Crippen molar-refractivity contribution in [2.45, 2.75) is 50.7 Å². The van der Waals surface area contributed by atoms with Crippen LogP contribution in [0.2, 0.25) is 0 Å². The second-order valence-corrected chi connectivity index (χ2v) is 5.14. The van der Waals surface area contributed by atoms with Gasteiger partial charge in [0, 0.05) is 18.6 Å². The molecule has 2 aliphatic rings. The van der Waals surface area contributed by atoms with Crippen LogP contribution in [0.4, 0.5) is 0 Å². The maximum Gasteiger partial charge on any atom is 0.237 e. The summed E-state index contributed by atoms with van der Waals surface area (Å²) in [6.45, 7) is 3.93. The Bertz CT molecular complexity index is 256. The smallest absolute Gasteiger partial charge is 0.237 e. The monoisotopic (exact) mass is 297 g/mol. The molecule has 2 atom stereocenters. The summed E-state index contributed by atoms with van der Waals surface area (Å²) in [5.74, 6) is 0.175. The van der Waals surface area contributed by atoms with E-state index in [9.17, 15) is 4.79 Å². The molecule has 1 amide bonds. The van der Waals surface area contributed by atoms with E-state index in [1.54, 1.807) is 0 Å². The molecule has 2 unspecified atom stereocenters. The number of likely N-dealkylation sites (N-methyl/N-ethyl adjacent to an activating group) is 1. The third kappa shape index (κ3) is 4.92. The predicted molar refractivity (Wildman–Crippen MR) is 78.8 cm³/mol. The molecule has 1 saturated carbocycles. The van der Waals surface area contributed by atoms with Crippen LogP contribution in [-0.2, 0) is 4.79 Å². The second-order valence-electron chi connectivity index (χ2n) is 5.14. The van der Waals surface area contributed by atoms with Crippen molar-refractivity contribution in [2.24, 2.45) is 0 Å². The van der Waals surface area contributed by atoms with Gasteiger partial charge in [0.05, 0.1) is 6.04 Å². The van der Waals surface area contributed by atoms with Crippen molar-refractivity contribution in [1.82, 2.24) is 15.5 Å².